The summed E-state index contributed by atoms with van der Waals surface area (Å²) in [6, 6.07) is 13.3. The van der Waals surface area contributed by atoms with Crippen molar-refractivity contribution in [2.75, 3.05) is 13.1 Å². The molecule has 0 amide bonds. The third kappa shape index (κ3) is 4.05. The van der Waals surface area contributed by atoms with Gasteiger partial charge in [0, 0.05) is 24.4 Å². The fraction of sp³-hybridized carbons (Fsp3) is 0.476. The Morgan fingerprint density at radius 2 is 2.19 bits per heavy atom. The van der Waals surface area contributed by atoms with E-state index < -0.39 is 0 Å². The highest BCUT2D eigenvalue weighted by atomic mass is 79.9. The first-order valence-electron chi connectivity index (χ1n) is 9.20. The molecule has 140 valence electrons. The van der Waals surface area contributed by atoms with E-state index in [1.54, 1.807) is 0 Å². The molecule has 0 radical (unpaired) electrons. The molecule has 0 spiro atoms. The molecule has 3 nitrogen and oxygen atoms in total. The van der Waals surface area contributed by atoms with E-state index in [4.69, 9.17) is 4.74 Å². The van der Waals surface area contributed by atoms with Crippen molar-refractivity contribution in [1.29, 1.82) is 0 Å². The van der Waals surface area contributed by atoms with E-state index in [9.17, 15) is 4.79 Å². The Kier molecular flexibility index (Phi) is 6.21. The van der Waals surface area contributed by atoms with Crippen LogP contribution in [0.2, 0.25) is 0 Å². The van der Waals surface area contributed by atoms with Crippen LogP contribution in [0.3, 0.4) is 0 Å². The molecule has 0 N–H and O–H groups in total. The van der Waals surface area contributed by atoms with Crippen molar-refractivity contribution in [3.8, 4) is 5.75 Å². The number of carbonyl (C=O) groups excluding carboxylic acids is 1. The maximum absolute atomic E-state index is 11.2. The minimum absolute atomic E-state index is 0. The summed E-state index contributed by atoms with van der Waals surface area (Å²) in [5.41, 5.74) is 1.63. The molecule has 1 aromatic carbocycles. The smallest absolute Gasteiger partial charge is 0.308 e. The van der Waals surface area contributed by atoms with Gasteiger partial charge in [0.2, 0.25) is 0 Å². The molecule has 2 aliphatic rings. The van der Waals surface area contributed by atoms with Gasteiger partial charge in [-0.2, -0.15) is 0 Å². The summed E-state index contributed by atoms with van der Waals surface area (Å²) in [5, 5.41) is 2.17. The number of fused-ring (bicyclic) bond motifs is 2. The number of carbonyl (C=O) groups is 1. The van der Waals surface area contributed by atoms with Gasteiger partial charge in [0.05, 0.1) is 0 Å². The molecule has 1 aliphatic heterocycles. The summed E-state index contributed by atoms with van der Waals surface area (Å²) in [6.45, 7) is 3.81. The van der Waals surface area contributed by atoms with Crippen LogP contribution in [-0.4, -0.2) is 30.0 Å². The Balaban J connectivity index is 0.00000196. The average Bonchev–Trinajstić information content (AvgIpc) is 3.23. The van der Waals surface area contributed by atoms with Gasteiger partial charge < -0.3 is 4.74 Å². The monoisotopic (exact) mass is 435 g/mol. The molecule has 2 unspecified atom stereocenters. The molecule has 26 heavy (non-hydrogen) atoms. The lowest BCUT2D eigenvalue weighted by atomic mass is 9.74. The van der Waals surface area contributed by atoms with Crippen LogP contribution in [0, 0.1) is 0 Å². The summed E-state index contributed by atoms with van der Waals surface area (Å²) < 4.78 is 5.30. The molecule has 5 heteroatoms. The molecule has 1 aromatic heterocycles. The molecule has 2 heterocycles. The minimum atomic E-state index is -0.248. The zero-order chi connectivity index (χ0) is 17.3. The fourth-order valence-corrected chi connectivity index (χ4v) is 5.34. The Morgan fingerprint density at radius 1 is 1.31 bits per heavy atom. The Labute approximate surface area is 170 Å². The summed E-state index contributed by atoms with van der Waals surface area (Å²) >= 11 is 1.87. The van der Waals surface area contributed by atoms with Gasteiger partial charge in [-0.3, -0.25) is 9.69 Å². The van der Waals surface area contributed by atoms with E-state index >= 15 is 0 Å². The fourth-order valence-electron chi connectivity index (χ4n) is 4.64. The topological polar surface area (TPSA) is 29.5 Å². The average molecular weight is 436 g/mol. The van der Waals surface area contributed by atoms with Gasteiger partial charge in [-0.1, -0.05) is 18.2 Å². The first kappa shape index (κ1) is 19.6. The molecule has 1 saturated heterocycles. The van der Waals surface area contributed by atoms with E-state index in [2.05, 4.69) is 34.5 Å². The van der Waals surface area contributed by atoms with Crippen LogP contribution >= 0.6 is 28.3 Å². The standard InChI is InChI=1S/C21H25NO2S.BrH/c1-16(23)24-19-5-2-4-17(14-19)21-9-7-18(15-21)22(12-10-21)11-8-20-6-3-13-25-20;/h2-6,13-14,18H,7-12,15H2,1H3;1H. The van der Waals surface area contributed by atoms with Crippen LogP contribution in [-0.2, 0) is 16.6 Å². The molecular formula is C21H26BrNO2S. The lowest BCUT2D eigenvalue weighted by molar-refractivity contribution is -0.131. The number of thiophene rings is 1. The normalized spacial score (nSPS) is 24.9. The number of benzene rings is 1. The number of rotatable bonds is 5. The van der Waals surface area contributed by atoms with Crippen molar-refractivity contribution in [1.82, 2.24) is 4.90 Å². The van der Waals surface area contributed by atoms with Crippen LogP contribution in [0.5, 0.6) is 5.75 Å². The molecule has 1 aliphatic carbocycles. The van der Waals surface area contributed by atoms with Crippen LogP contribution < -0.4 is 4.74 Å². The van der Waals surface area contributed by atoms with Crippen LogP contribution in [0.1, 0.15) is 43.0 Å². The summed E-state index contributed by atoms with van der Waals surface area (Å²) in [6.07, 6.45) is 6.14. The Bertz CT molecular complexity index is 748. The molecule has 2 atom stereocenters. The molecule has 4 rings (SSSR count). The van der Waals surface area contributed by atoms with Crippen LogP contribution in [0.25, 0.3) is 0 Å². The van der Waals surface area contributed by atoms with E-state index in [0.717, 1.165) is 0 Å². The maximum Gasteiger partial charge on any atom is 0.308 e. The maximum atomic E-state index is 11.2. The SMILES string of the molecule is Br.CC(=O)Oc1cccc(C23CCC(C2)N(CCc2cccs2)CC3)c1. The second kappa shape index (κ2) is 8.24. The number of likely N-dealkylation sites (tertiary alicyclic amines) is 1. The number of nitrogens with zero attached hydrogens (tertiary/aromatic N) is 1. The van der Waals surface area contributed by atoms with E-state index in [0.29, 0.717) is 11.8 Å². The third-order valence-electron chi connectivity index (χ3n) is 5.91. The number of ether oxygens (including phenoxy) is 1. The number of hydrogen-bond donors (Lipinski definition) is 0. The van der Waals surface area contributed by atoms with Crippen molar-refractivity contribution in [2.24, 2.45) is 0 Å². The Hall–Kier alpha value is -1.17. The van der Waals surface area contributed by atoms with Gasteiger partial charge in [-0.25, -0.2) is 0 Å². The molecule has 2 bridgehead atoms. The first-order valence-corrected chi connectivity index (χ1v) is 10.1. The number of hydrogen-bond acceptors (Lipinski definition) is 4. The van der Waals surface area contributed by atoms with Gasteiger partial charge in [0.1, 0.15) is 5.75 Å². The molecular weight excluding hydrogens is 410 g/mol. The van der Waals surface area contributed by atoms with Crippen molar-refractivity contribution in [2.45, 2.75) is 50.5 Å². The van der Waals surface area contributed by atoms with E-state index in [1.165, 1.54) is 62.6 Å². The summed E-state index contributed by atoms with van der Waals surface area (Å²) in [5.74, 6) is 0.435. The zero-order valence-electron chi connectivity index (χ0n) is 15.1. The molecule has 2 fully saturated rings. The number of esters is 1. The largest absolute Gasteiger partial charge is 0.427 e. The van der Waals surface area contributed by atoms with Gasteiger partial charge >= 0.3 is 5.97 Å². The van der Waals surface area contributed by atoms with Crippen molar-refractivity contribution >= 4 is 34.3 Å². The van der Waals surface area contributed by atoms with Gasteiger partial charge in [-0.05, 0) is 73.2 Å². The molecule has 2 aromatic rings. The highest BCUT2D eigenvalue weighted by molar-refractivity contribution is 8.93. The summed E-state index contributed by atoms with van der Waals surface area (Å²) in [7, 11) is 0. The van der Waals surface area contributed by atoms with Gasteiger partial charge in [0.15, 0.2) is 0 Å². The lowest BCUT2D eigenvalue weighted by Gasteiger charge is -2.40. The highest BCUT2D eigenvalue weighted by Crippen LogP contribution is 2.49. The quantitative estimate of drug-likeness (QED) is 0.489. The molecule has 1 saturated carbocycles. The predicted molar refractivity (Wildman–Crippen MR) is 112 cm³/mol. The van der Waals surface area contributed by atoms with Crippen molar-refractivity contribution in [3.63, 3.8) is 0 Å². The second-order valence-corrected chi connectivity index (χ2v) is 8.45. The van der Waals surface area contributed by atoms with E-state index in [1.807, 2.05) is 23.5 Å². The first-order chi connectivity index (χ1) is 12.1. The predicted octanol–water partition coefficient (Wildman–Crippen LogP) is 4.99. The lowest BCUT2D eigenvalue weighted by Crippen LogP contribution is -2.43. The number of piperidine rings is 1. The highest BCUT2D eigenvalue weighted by Gasteiger charge is 2.46. The van der Waals surface area contributed by atoms with Crippen molar-refractivity contribution < 1.29 is 9.53 Å². The minimum Gasteiger partial charge on any atom is -0.427 e. The summed E-state index contributed by atoms with van der Waals surface area (Å²) in [4.78, 5) is 15.4. The van der Waals surface area contributed by atoms with Crippen LogP contribution in [0.15, 0.2) is 41.8 Å². The van der Waals surface area contributed by atoms with Crippen LogP contribution in [0.4, 0.5) is 0 Å². The van der Waals surface area contributed by atoms with Crippen molar-refractivity contribution in [3.05, 3.63) is 52.2 Å². The Morgan fingerprint density at radius 3 is 2.96 bits per heavy atom. The second-order valence-electron chi connectivity index (χ2n) is 7.41. The van der Waals surface area contributed by atoms with Gasteiger partial charge in [0.25, 0.3) is 0 Å². The third-order valence-corrected chi connectivity index (χ3v) is 6.85. The number of halogens is 1. The zero-order valence-corrected chi connectivity index (χ0v) is 17.7. The van der Waals surface area contributed by atoms with E-state index in [-0.39, 0.29) is 28.4 Å². The van der Waals surface area contributed by atoms with Gasteiger partial charge in [-0.15, -0.1) is 28.3 Å².